The fraction of sp³-hybridized carbons (Fsp3) is 0.167. The van der Waals surface area contributed by atoms with Gasteiger partial charge in [0.1, 0.15) is 11.4 Å². The number of halogens is 3. The minimum absolute atomic E-state index is 0.0736. The average Bonchev–Trinajstić information content (AvgIpc) is 2.38. The van der Waals surface area contributed by atoms with Gasteiger partial charge in [-0.25, -0.2) is 0 Å². The van der Waals surface area contributed by atoms with Crippen LogP contribution in [0.3, 0.4) is 0 Å². The monoisotopic (exact) mass is 285 g/mol. The summed E-state index contributed by atoms with van der Waals surface area (Å²) in [5.41, 5.74) is 4.07. The molecule has 20 heavy (non-hydrogen) atoms. The molecule has 1 aromatic carbocycles. The van der Waals surface area contributed by atoms with Crippen LogP contribution in [0.2, 0.25) is 0 Å². The third kappa shape index (κ3) is 2.64. The topological polar surface area (TPSA) is 81.1 Å². The first kappa shape index (κ1) is 14.1. The third-order valence-corrected chi connectivity index (χ3v) is 2.62. The van der Waals surface area contributed by atoms with Gasteiger partial charge in [0.2, 0.25) is 0 Å². The standard InChI is InChI=1S/C12H10F3N3O2/c13-12(14,15)7-1-3-8(4-2-7)18-11(20)5-10(19)9(6-16)17-18/h1-5,19H,6,16H2. The zero-order valence-electron chi connectivity index (χ0n) is 10.1. The summed E-state index contributed by atoms with van der Waals surface area (Å²) in [5, 5.41) is 13.2. The van der Waals surface area contributed by atoms with Crippen LogP contribution in [0.5, 0.6) is 5.75 Å². The second-order valence-corrected chi connectivity index (χ2v) is 3.98. The van der Waals surface area contributed by atoms with Crippen LogP contribution < -0.4 is 11.3 Å². The van der Waals surface area contributed by atoms with Crippen molar-refractivity contribution in [2.75, 3.05) is 0 Å². The van der Waals surface area contributed by atoms with E-state index in [1.807, 2.05) is 0 Å². The van der Waals surface area contributed by atoms with Gasteiger partial charge >= 0.3 is 6.18 Å². The Kier molecular flexibility index (Phi) is 3.49. The van der Waals surface area contributed by atoms with Crippen molar-refractivity contribution in [2.45, 2.75) is 12.7 Å². The van der Waals surface area contributed by atoms with Crippen molar-refractivity contribution in [3.8, 4) is 11.4 Å². The fourth-order valence-electron chi connectivity index (χ4n) is 1.60. The normalized spacial score (nSPS) is 11.6. The van der Waals surface area contributed by atoms with Crippen LogP contribution in [0.15, 0.2) is 35.1 Å². The summed E-state index contributed by atoms with van der Waals surface area (Å²) < 4.78 is 38.2. The van der Waals surface area contributed by atoms with Crippen LogP contribution >= 0.6 is 0 Å². The van der Waals surface area contributed by atoms with Gasteiger partial charge in [0.25, 0.3) is 5.56 Å². The van der Waals surface area contributed by atoms with Gasteiger partial charge in [-0.15, -0.1) is 0 Å². The summed E-state index contributed by atoms with van der Waals surface area (Å²) in [4.78, 5) is 11.7. The summed E-state index contributed by atoms with van der Waals surface area (Å²) in [6.45, 7) is -0.104. The second-order valence-electron chi connectivity index (χ2n) is 3.98. The first-order valence-corrected chi connectivity index (χ1v) is 5.53. The van der Waals surface area contributed by atoms with Crippen molar-refractivity contribution < 1.29 is 18.3 Å². The Hall–Kier alpha value is -2.35. The summed E-state index contributed by atoms with van der Waals surface area (Å²) in [7, 11) is 0. The lowest BCUT2D eigenvalue weighted by Gasteiger charge is -2.10. The number of nitrogens with two attached hydrogens (primary N) is 1. The molecule has 0 aliphatic heterocycles. The van der Waals surface area contributed by atoms with Gasteiger partial charge < -0.3 is 10.8 Å². The highest BCUT2D eigenvalue weighted by Crippen LogP contribution is 2.29. The van der Waals surface area contributed by atoms with Crippen LogP contribution in [0.25, 0.3) is 5.69 Å². The molecule has 8 heteroatoms. The average molecular weight is 285 g/mol. The fourth-order valence-corrected chi connectivity index (χ4v) is 1.60. The molecule has 0 atom stereocenters. The molecule has 2 rings (SSSR count). The van der Waals surface area contributed by atoms with Crippen molar-refractivity contribution in [3.63, 3.8) is 0 Å². The third-order valence-electron chi connectivity index (χ3n) is 2.62. The van der Waals surface area contributed by atoms with Gasteiger partial charge in [0.05, 0.1) is 11.3 Å². The van der Waals surface area contributed by atoms with E-state index in [-0.39, 0.29) is 23.7 Å². The molecular formula is C12H10F3N3O2. The smallest absolute Gasteiger partial charge is 0.416 e. The van der Waals surface area contributed by atoms with Gasteiger partial charge in [-0.05, 0) is 24.3 Å². The van der Waals surface area contributed by atoms with E-state index in [4.69, 9.17) is 5.73 Å². The van der Waals surface area contributed by atoms with Gasteiger partial charge in [0, 0.05) is 12.6 Å². The Balaban J connectivity index is 2.49. The highest BCUT2D eigenvalue weighted by Gasteiger charge is 2.30. The highest BCUT2D eigenvalue weighted by atomic mass is 19.4. The van der Waals surface area contributed by atoms with E-state index < -0.39 is 17.3 Å². The molecule has 0 unspecified atom stereocenters. The molecule has 0 spiro atoms. The number of benzene rings is 1. The summed E-state index contributed by atoms with van der Waals surface area (Å²) >= 11 is 0. The van der Waals surface area contributed by atoms with Crippen molar-refractivity contribution in [2.24, 2.45) is 5.73 Å². The van der Waals surface area contributed by atoms with E-state index in [1.54, 1.807) is 0 Å². The van der Waals surface area contributed by atoms with Gasteiger partial charge in [-0.2, -0.15) is 23.0 Å². The zero-order valence-corrected chi connectivity index (χ0v) is 10.1. The van der Waals surface area contributed by atoms with Crippen molar-refractivity contribution in [3.05, 3.63) is 51.9 Å². The molecular weight excluding hydrogens is 275 g/mol. The molecule has 3 N–H and O–H groups in total. The Morgan fingerprint density at radius 3 is 2.35 bits per heavy atom. The van der Waals surface area contributed by atoms with Gasteiger partial charge in [0.15, 0.2) is 0 Å². The molecule has 106 valence electrons. The Morgan fingerprint density at radius 1 is 1.25 bits per heavy atom. The molecule has 0 bridgehead atoms. The zero-order chi connectivity index (χ0) is 14.9. The van der Waals surface area contributed by atoms with Crippen LogP contribution in [-0.4, -0.2) is 14.9 Å². The molecule has 1 aromatic heterocycles. The minimum Gasteiger partial charge on any atom is -0.506 e. The number of rotatable bonds is 2. The Bertz CT molecular complexity index is 678. The van der Waals surface area contributed by atoms with Crippen molar-refractivity contribution in [1.82, 2.24) is 9.78 Å². The van der Waals surface area contributed by atoms with Gasteiger partial charge in [-0.3, -0.25) is 4.79 Å². The summed E-state index contributed by atoms with van der Waals surface area (Å²) in [6.07, 6.45) is -4.45. The lowest BCUT2D eigenvalue weighted by atomic mass is 10.2. The number of nitrogens with zero attached hydrogens (tertiary/aromatic N) is 2. The maximum atomic E-state index is 12.4. The summed E-state index contributed by atoms with van der Waals surface area (Å²) in [6, 6.07) is 4.84. The maximum Gasteiger partial charge on any atom is 0.416 e. The van der Waals surface area contributed by atoms with E-state index in [9.17, 15) is 23.1 Å². The molecule has 0 radical (unpaired) electrons. The minimum atomic E-state index is -4.45. The van der Waals surface area contributed by atoms with Crippen molar-refractivity contribution >= 4 is 0 Å². The number of alkyl halides is 3. The molecule has 5 nitrogen and oxygen atoms in total. The molecule has 0 saturated carbocycles. The van der Waals surface area contributed by atoms with Crippen LogP contribution in [0, 0.1) is 0 Å². The lowest BCUT2D eigenvalue weighted by Crippen LogP contribution is -2.22. The highest BCUT2D eigenvalue weighted by molar-refractivity contribution is 5.36. The Morgan fingerprint density at radius 2 is 1.85 bits per heavy atom. The Labute approximate surface area is 111 Å². The van der Waals surface area contributed by atoms with Crippen molar-refractivity contribution in [1.29, 1.82) is 0 Å². The van der Waals surface area contributed by atoms with E-state index in [1.165, 1.54) is 0 Å². The lowest BCUT2D eigenvalue weighted by molar-refractivity contribution is -0.137. The molecule has 0 aliphatic rings. The van der Waals surface area contributed by atoms with Crippen LogP contribution in [0.4, 0.5) is 13.2 Å². The number of hydrogen-bond donors (Lipinski definition) is 2. The molecule has 2 aromatic rings. The molecule has 0 fully saturated rings. The number of aromatic hydroxyl groups is 1. The van der Waals surface area contributed by atoms with E-state index >= 15 is 0 Å². The second kappa shape index (κ2) is 4.97. The van der Waals surface area contributed by atoms with Crippen LogP contribution in [0.1, 0.15) is 11.3 Å². The van der Waals surface area contributed by atoms with E-state index in [2.05, 4.69) is 5.10 Å². The first-order valence-electron chi connectivity index (χ1n) is 5.53. The quantitative estimate of drug-likeness (QED) is 0.874. The van der Waals surface area contributed by atoms with E-state index in [0.29, 0.717) is 0 Å². The molecule has 0 amide bonds. The molecule has 0 saturated heterocycles. The number of aromatic nitrogens is 2. The molecule has 0 aliphatic carbocycles. The van der Waals surface area contributed by atoms with E-state index in [0.717, 1.165) is 35.0 Å². The van der Waals surface area contributed by atoms with Gasteiger partial charge in [-0.1, -0.05) is 0 Å². The van der Waals surface area contributed by atoms with Crippen LogP contribution in [-0.2, 0) is 12.7 Å². The SMILES string of the molecule is NCc1nn(-c2ccc(C(F)(F)F)cc2)c(=O)cc1O. The molecule has 1 heterocycles. The largest absolute Gasteiger partial charge is 0.506 e. The maximum absolute atomic E-state index is 12.4. The number of hydrogen-bond acceptors (Lipinski definition) is 4. The predicted octanol–water partition coefficient (Wildman–Crippen LogP) is 1.42. The predicted molar refractivity (Wildman–Crippen MR) is 64.4 cm³/mol. The summed E-state index contributed by atoms with van der Waals surface area (Å²) in [5.74, 6) is -0.347. The first-order chi connectivity index (χ1) is 9.32.